The number of fused-ring (bicyclic) bond motifs is 1. The minimum absolute atomic E-state index is 0.0342. The number of carbonyl (C=O) groups is 1. The first-order chi connectivity index (χ1) is 13.5. The monoisotopic (exact) mass is 414 g/mol. The summed E-state index contributed by atoms with van der Waals surface area (Å²) in [5.74, 6) is 0.484. The number of benzene rings is 2. The molecule has 3 rings (SSSR count). The number of aryl methyl sites for hydroxylation is 1. The summed E-state index contributed by atoms with van der Waals surface area (Å²) in [6, 6.07) is 12.4. The number of hydrogen-bond donors (Lipinski definition) is 1. The molecule has 1 heterocycles. The van der Waals surface area contributed by atoms with E-state index in [2.05, 4.69) is 39.3 Å². The molecule has 0 spiro atoms. The Labute approximate surface area is 174 Å². The Kier molecular flexibility index (Phi) is 5.77. The normalized spacial score (nSPS) is 14.8. The molecule has 0 aliphatic carbocycles. The maximum Gasteiger partial charge on any atom is 0.261 e. The topological polar surface area (TPSA) is 66.5 Å². The van der Waals surface area contributed by atoms with Gasteiger partial charge in [-0.2, -0.15) is 0 Å². The van der Waals surface area contributed by atoms with Crippen LogP contribution in [0.5, 0.6) is 0 Å². The lowest BCUT2D eigenvalue weighted by molar-refractivity contribution is -0.119. The molecule has 29 heavy (non-hydrogen) atoms. The predicted octanol–water partition coefficient (Wildman–Crippen LogP) is 4.72. The van der Waals surface area contributed by atoms with Crippen LogP contribution in [0.3, 0.4) is 0 Å². The van der Waals surface area contributed by atoms with Gasteiger partial charge >= 0.3 is 0 Å². The van der Waals surface area contributed by atoms with Gasteiger partial charge in [-0.05, 0) is 59.2 Å². The SMILES string of the molecule is CC(C)CN1C(=O)CCc2cc(NS(=O)(=O)c3ccc(C(C)(C)C)cc3)ccc21. The molecule has 1 aliphatic heterocycles. The first-order valence-electron chi connectivity index (χ1n) is 10.0. The minimum Gasteiger partial charge on any atom is -0.312 e. The summed E-state index contributed by atoms with van der Waals surface area (Å²) in [7, 11) is -3.68. The number of hydrogen-bond acceptors (Lipinski definition) is 3. The van der Waals surface area contributed by atoms with Crippen LogP contribution >= 0.6 is 0 Å². The first kappa shape index (κ1) is 21.4. The fourth-order valence-electron chi connectivity index (χ4n) is 3.54. The fraction of sp³-hybridized carbons (Fsp3) is 0.435. The summed E-state index contributed by atoms with van der Waals surface area (Å²) >= 11 is 0. The Morgan fingerprint density at radius 2 is 1.69 bits per heavy atom. The Balaban J connectivity index is 1.84. The summed E-state index contributed by atoms with van der Waals surface area (Å²) in [4.78, 5) is 14.4. The molecule has 0 saturated carbocycles. The molecule has 1 amide bonds. The Hall–Kier alpha value is -2.34. The van der Waals surface area contributed by atoms with Crippen molar-refractivity contribution in [3.05, 3.63) is 53.6 Å². The van der Waals surface area contributed by atoms with E-state index in [-0.39, 0.29) is 16.2 Å². The molecule has 5 nitrogen and oxygen atoms in total. The highest BCUT2D eigenvalue weighted by molar-refractivity contribution is 7.92. The van der Waals surface area contributed by atoms with Gasteiger partial charge in [0.1, 0.15) is 0 Å². The summed E-state index contributed by atoms with van der Waals surface area (Å²) < 4.78 is 28.3. The summed E-state index contributed by atoms with van der Waals surface area (Å²) in [5, 5.41) is 0. The lowest BCUT2D eigenvalue weighted by Gasteiger charge is -2.31. The molecule has 2 aromatic carbocycles. The zero-order valence-electron chi connectivity index (χ0n) is 17.8. The van der Waals surface area contributed by atoms with Gasteiger partial charge in [-0.3, -0.25) is 9.52 Å². The zero-order valence-corrected chi connectivity index (χ0v) is 18.6. The van der Waals surface area contributed by atoms with E-state index in [1.165, 1.54) is 0 Å². The van der Waals surface area contributed by atoms with Crippen molar-refractivity contribution in [2.75, 3.05) is 16.2 Å². The van der Waals surface area contributed by atoms with E-state index < -0.39 is 10.0 Å². The number of anilines is 2. The van der Waals surface area contributed by atoms with Crippen LogP contribution in [0.2, 0.25) is 0 Å². The summed E-state index contributed by atoms with van der Waals surface area (Å²) in [6.07, 6.45) is 1.07. The van der Waals surface area contributed by atoms with Gasteiger partial charge in [0.25, 0.3) is 10.0 Å². The highest BCUT2D eigenvalue weighted by Gasteiger charge is 2.25. The van der Waals surface area contributed by atoms with Gasteiger partial charge in [-0.1, -0.05) is 46.8 Å². The third kappa shape index (κ3) is 4.81. The Bertz CT molecular complexity index is 1000. The van der Waals surface area contributed by atoms with Gasteiger partial charge in [0.2, 0.25) is 5.91 Å². The molecule has 0 radical (unpaired) electrons. The molecule has 1 aliphatic rings. The van der Waals surface area contributed by atoms with Crippen molar-refractivity contribution >= 4 is 27.3 Å². The van der Waals surface area contributed by atoms with Gasteiger partial charge in [-0.15, -0.1) is 0 Å². The van der Waals surface area contributed by atoms with Gasteiger partial charge in [0, 0.05) is 24.3 Å². The Morgan fingerprint density at radius 3 is 2.28 bits per heavy atom. The number of sulfonamides is 1. The maximum absolute atomic E-state index is 12.8. The standard InChI is InChI=1S/C23H30N2O3S/c1-16(2)15-25-21-12-9-19(14-17(21)6-13-22(25)26)24-29(27,28)20-10-7-18(8-11-20)23(3,4)5/h7-12,14,16,24H,6,13,15H2,1-5H3. The average molecular weight is 415 g/mol. The molecule has 2 aromatic rings. The van der Waals surface area contributed by atoms with Crippen LogP contribution in [-0.4, -0.2) is 20.9 Å². The van der Waals surface area contributed by atoms with Gasteiger partial charge in [0.15, 0.2) is 0 Å². The highest BCUT2D eigenvalue weighted by Crippen LogP contribution is 2.32. The number of nitrogens with one attached hydrogen (secondary N) is 1. The van der Waals surface area contributed by atoms with Crippen LogP contribution in [0, 0.1) is 5.92 Å². The fourth-order valence-corrected chi connectivity index (χ4v) is 4.59. The summed E-state index contributed by atoms with van der Waals surface area (Å²) in [6.45, 7) is 11.1. The van der Waals surface area contributed by atoms with E-state index in [1.807, 2.05) is 29.2 Å². The van der Waals surface area contributed by atoms with Crippen molar-refractivity contribution in [3.63, 3.8) is 0 Å². The minimum atomic E-state index is -3.68. The van der Waals surface area contributed by atoms with E-state index in [9.17, 15) is 13.2 Å². The molecule has 6 heteroatoms. The van der Waals surface area contributed by atoms with Crippen LogP contribution in [0.1, 0.15) is 52.2 Å². The molecule has 0 atom stereocenters. The van der Waals surface area contributed by atoms with Crippen LogP contribution in [-0.2, 0) is 26.7 Å². The summed E-state index contributed by atoms with van der Waals surface area (Å²) in [5.41, 5.74) is 3.44. The van der Waals surface area contributed by atoms with E-state index in [4.69, 9.17) is 0 Å². The first-order valence-corrected chi connectivity index (χ1v) is 11.5. The van der Waals surface area contributed by atoms with Gasteiger partial charge in [-0.25, -0.2) is 8.42 Å². The third-order valence-corrected chi connectivity index (χ3v) is 6.51. The quantitative estimate of drug-likeness (QED) is 0.770. The van der Waals surface area contributed by atoms with Gasteiger partial charge in [0.05, 0.1) is 4.90 Å². The highest BCUT2D eigenvalue weighted by atomic mass is 32.2. The average Bonchev–Trinajstić information content (AvgIpc) is 2.63. The van der Waals surface area contributed by atoms with Crippen LogP contribution in [0.4, 0.5) is 11.4 Å². The lowest BCUT2D eigenvalue weighted by atomic mass is 9.87. The van der Waals surface area contributed by atoms with Crippen molar-refractivity contribution in [2.24, 2.45) is 5.92 Å². The molecular formula is C23H30N2O3S. The lowest BCUT2D eigenvalue weighted by Crippen LogP contribution is -2.37. The second-order valence-electron chi connectivity index (χ2n) is 9.12. The van der Waals surface area contributed by atoms with Crippen molar-refractivity contribution in [2.45, 2.75) is 57.8 Å². The molecule has 0 fully saturated rings. The second kappa shape index (κ2) is 7.82. The molecule has 1 N–H and O–H groups in total. The number of nitrogens with zero attached hydrogens (tertiary/aromatic N) is 1. The van der Waals surface area contributed by atoms with Crippen molar-refractivity contribution < 1.29 is 13.2 Å². The third-order valence-electron chi connectivity index (χ3n) is 5.11. The second-order valence-corrected chi connectivity index (χ2v) is 10.8. The number of rotatable bonds is 5. The van der Waals surface area contributed by atoms with Crippen molar-refractivity contribution in [1.29, 1.82) is 0 Å². The van der Waals surface area contributed by atoms with Crippen LogP contribution < -0.4 is 9.62 Å². The molecule has 0 bridgehead atoms. The zero-order chi connectivity index (χ0) is 21.4. The molecule has 156 valence electrons. The van der Waals surface area contributed by atoms with E-state index in [0.29, 0.717) is 31.0 Å². The molecule has 0 saturated heterocycles. The van der Waals surface area contributed by atoms with E-state index in [0.717, 1.165) is 16.8 Å². The van der Waals surface area contributed by atoms with E-state index in [1.54, 1.807) is 18.2 Å². The predicted molar refractivity (Wildman–Crippen MR) is 118 cm³/mol. The van der Waals surface area contributed by atoms with Crippen molar-refractivity contribution in [1.82, 2.24) is 0 Å². The van der Waals surface area contributed by atoms with Crippen LogP contribution in [0.25, 0.3) is 0 Å². The largest absolute Gasteiger partial charge is 0.312 e. The molecule has 0 unspecified atom stereocenters. The van der Waals surface area contributed by atoms with Crippen LogP contribution in [0.15, 0.2) is 47.4 Å². The number of amides is 1. The van der Waals surface area contributed by atoms with Crippen molar-refractivity contribution in [3.8, 4) is 0 Å². The maximum atomic E-state index is 12.8. The Morgan fingerprint density at radius 1 is 1.03 bits per heavy atom. The number of carbonyl (C=O) groups excluding carboxylic acids is 1. The van der Waals surface area contributed by atoms with E-state index >= 15 is 0 Å². The smallest absolute Gasteiger partial charge is 0.261 e. The molecular weight excluding hydrogens is 384 g/mol. The van der Waals surface area contributed by atoms with Gasteiger partial charge < -0.3 is 4.90 Å². The molecule has 0 aromatic heterocycles.